The van der Waals surface area contributed by atoms with Gasteiger partial charge < -0.3 is 4.74 Å². The summed E-state index contributed by atoms with van der Waals surface area (Å²) < 4.78 is 4.85. The lowest BCUT2D eigenvalue weighted by Gasteiger charge is -1.88. The van der Waals surface area contributed by atoms with Crippen molar-refractivity contribution in [2.45, 2.75) is 0 Å². The Kier molecular flexibility index (Phi) is 5.28. The van der Waals surface area contributed by atoms with Gasteiger partial charge in [0.2, 0.25) is 0 Å². The van der Waals surface area contributed by atoms with E-state index in [0.717, 1.165) is 0 Å². The molecule has 0 unspecified atom stereocenters. The average molecular weight is 110 g/mol. The second-order valence-corrected chi connectivity index (χ2v) is 1.19. The summed E-state index contributed by atoms with van der Waals surface area (Å²) in [7, 11) is 0. The van der Waals surface area contributed by atoms with E-state index >= 15 is 0 Å². The highest BCUT2D eigenvalue weighted by molar-refractivity contribution is 4.93. The Morgan fingerprint density at radius 3 is 2.62 bits per heavy atom. The molecule has 0 aromatic rings. The van der Waals surface area contributed by atoms with Gasteiger partial charge in [0.05, 0.1) is 6.26 Å². The van der Waals surface area contributed by atoms with E-state index in [1.807, 2.05) is 0 Å². The largest absolute Gasteiger partial charge is 0.497 e. The summed E-state index contributed by atoms with van der Waals surface area (Å²) in [4.78, 5) is 0. The first kappa shape index (κ1) is 7.02. The second kappa shape index (κ2) is 6.02. The number of ether oxygens (including phenoxy) is 1. The van der Waals surface area contributed by atoms with Crippen LogP contribution in [0.2, 0.25) is 0 Å². The van der Waals surface area contributed by atoms with Crippen LogP contribution in [0.1, 0.15) is 0 Å². The van der Waals surface area contributed by atoms with Crippen molar-refractivity contribution in [3.63, 3.8) is 0 Å². The summed E-state index contributed by atoms with van der Waals surface area (Å²) in [5.74, 6) is 0. The topological polar surface area (TPSA) is 9.23 Å². The molecule has 0 N–H and O–H groups in total. The number of hydrogen-bond acceptors (Lipinski definition) is 1. The quantitative estimate of drug-likeness (QED) is 0.232. The Labute approximate surface area is 50.0 Å². The smallest absolute Gasteiger partial charge is 0.105 e. The first-order valence-corrected chi connectivity index (χ1v) is 2.42. The van der Waals surface area contributed by atoms with Gasteiger partial charge in [-0.15, -0.1) is 0 Å². The van der Waals surface area contributed by atoms with Crippen LogP contribution in [0.15, 0.2) is 37.6 Å². The third-order valence-electron chi connectivity index (χ3n) is 0.525. The van der Waals surface area contributed by atoms with Gasteiger partial charge >= 0.3 is 0 Å². The predicted molar refractivity (Wildman–Crippen MR) is 35.5 cm³/mol. The molecule has 44 valence electrons. The lowest BCUT2D eigenvalue weighted by molar-refractivity contribution is 0.290. The molecule has 0 radical (unpaired) electrons. The fourth-order valence-electron chi connectivity index (χ4n) is 0.235. The van der Waals surface area contributed by atoms with Crippen LogP contribution in [0.25, 0.3) is 0 Å². The zero-order chi connectivity index (χ0) is 6.24. The van der Waals surface area contributed by atoms with Crippen molar-refractivity contribution in [2.75, 3.05) is 6.61 Å². The molecule has 0 atom stereocenters. The second-order valence-electron chi connectivity index (χ2n) is 1.19. The standard InChI is InChI=1S/C7H10O/c1-3-5-7-8-6-4-2/h3-5,7H,1-2,6H2. The Bertz CT molecular complexity index is 92.6. The van der Waals surface area contributed by atoms with E-state index in [9.17, 15) is 0 Å². The average Bonchev–Trinajstić information content (AvgIpc) is 1.81. The maximum Gasteiger partial charge on any atom is 0.105 e. The normalized spacial score (nSPS) is 9.00. The molecule has 8 heavy (non-hydrogen) atoms. The highest BCUT2D eigenvalue weighted by atomic mass is 16.5. The lowest BCUT2D eigenvalue weighted by atomic mass is 10.6. The number of rotatable bonds is 4. The third kappa shape index (κ3) is 5.02. The minimum Gasteiger partial charge on any atom is -0.497 e. The Balaban J connectivity index is 3.02. The predicted octanol–water partition coefficient (Wildman–Crippen LogP) is 1.89. The Morgan fingerprint density at radius 2 is 2.12 bits per heavy atom. The van der Waals surface area contributed by atoms with Gasteiger partial charge in [0.1, 0.15) is 6.61 Å². The summed E-state index contributed by atoms with van der Waals surface area (Å²) in [5.41, 5.74) is 0. The summed E-state index contributed by atoms with van der Waals surface area (Å²) in [6.07, 6.45) is 6.65. The molecule has 0 rings (SSSR count). The van der Waals surface area contributed by atoms with Crippen LogP contribution in [-0.4, -0.2) is 6.61 Å². The number of allylic oxidation sites excluding steroid dienone is 2. The van der Waals surface area contributed by atoms with Crippen molar-refractivity contribution in [2.24, 2.45) is 0 Å². The van der Waals surface area contributed by atoms with Crippen molar-refractivity contribution in [1.82, 2.24) is 0 Å². The van der Waals surface area contributed by atoms with Gasteiger partial charge in [0.15, 0.2) is 0 Å². The molecule has 0 amide bonds. The molecule has 0 aromatic heterocycles. The van der Waals surface area contributed by atoms with E-state index in [-0.39, 0.29) is 0 Å². The molecule has 0 bridgehead atoms. The molecule has 0 aliphatic carbocycles. The van der Waals surface area contributed by atoms with Crippen LogP contribution in [0, 0.1) is 0 Å². The summed E-state index contributed by atoms with van der Waals surface area (Å²) >= 11 is 0. The molecule has 0 saturated heterocycles. The van der Waals surface area contributed by atoms with E-state index in [0.29, 0.717) is 6.61 Å². The van der Waals surface area contributed by atoms with Crippen LogP contribution in [0.3, 0.4) is 0 Å². The van der Waals surface area contributed by atoms with Crippen LogP contribution < -0.4 is 0 Å². The van der Waals surface area contributed by atoms with E-state index < -0.39 is 0 Å². The first-order chi connectivity index (χ1) is 3.91. The van der Waals surface area contributed by atoms with Crippen molar-refractivity contribution < 1.29 is 4.74 Å². The molecule has 1 nitrogen and oxygen atoms in total. The van der Waals surface area contributed by atoms with Crippen LogP contribution >= 0.6 is 0 Å². The monoisotopic (exact) mass is 110 g/mol. The van der Waals surface area contributed by atoms with Gasteiger partial charge in [0, 0.05) is 0 Å². The molecule has 0 saturated carbocycles. The SMILES string of the molecule is C=CC=COCC=C. The van der Waals surface area contributed by atoms with E-state index in [1.54, 1.807) is 24.5 Å². The molecule has 0 aliphatic rings. The zero-order valence-corrected chi connectivity index (χ0v) is 4.84. The minimum absolute atomic E-state index is 0.560. The Hall–Kier alpha value is -0.980. The summed E-state index contributed by atoms with van der Waals surface area (Å²) in [6, 6.07) is 0. The van der Waals surface area contributed by atoms with Crippen molar-refractivity contribution in [3.8, 4) is 0 Å². The van der Waals surface area contributed by atoms with Gasteiger partial charge in [0.25, 0.3) is 0 Å². The zero-order valence-electron chi connectivity index (χ0n) is 4.84. The van der Waals surface area contributed by atoms with Crippen molar-refractivity contribution >= 4 is 0 Å². The molecular formula is C7H10O. The molecule has 0 fully saturated rings. The van der Waals surface area contributed by atoms with Crippen molar-refractivity contribution in [3.05, 3.63) is 37.6 Å². The minimum atomic E-state index is 0.560. The van der Waals surface area contributed by atoms with Gasteiger partial charge in [-0.2, -0.15) is 0 Å². The molecule has 0 heterocycles. The van der Waals surface area contributed by atoms with Crippen LogP contribution in [-0.2, 0) is 4.74 Å². The summed E-state index contributed by atoms with van der Waals surface area (Å²) in [6.45, 7) is 7.50. The third-order valence-corrected chi connectivity index (χ3v) is 0.525. The van der Waals surface area contributed by atoms with Gasteiger partial charge in [-0.1, -0.05) is 25.3 Å². The highest BCUT2D eigenvalue weighted by Gasteiger charge is 1.65. The molecule has 0 aliphatic heterocycles. The molecule has 0 spiro atoms. The maximum atomic E-state index is 4.85. The van der Waals surface area contributed by atoms with E-state index in [4.69, 9.17) is 4.74 Å². The van der Waals surface area contributed by atoms with E-state index in [2.05, 4.69) is 13.2 Å². The molecular weight excluding hydrogens is 100 g/mol. The van der Waals surface area contributed by atoms with Gasteiger partial charge in [-0.25, -0.2) is 0 Å². The highest BCUT2D eigenvalue weighted by Crippen LogP contribution is 1.77. The van der Waals surface area contributed by atoms with Crippen molar-refractivity contribution in [1.29, 1.82) is 0 Å². The lowest BCUT2D eigenvalue weighted by Crippen LogP contribution is -1.76. The van der Waals surface area contributed by atoms with Gasteiger partial charge in [-0.05, 0) is 6.08 Å². The summed E-state index contributed by atoms with van der Waals surface area (Å²) in [5, 5.41) is 0. The maximum absolute atomic E-state index is 4.85. The first-order valence-electron chi connectivity index (χ1n) is 2.42. The van der Waals surface area contributed by atoms with Gasteiger partial charge in [-0.3, -0.25) is 0 Å². The fourth-order valence-corrected chi connectivity index (χ4v) is 0.235. The molecule has 0 aromatic carbocycles. The number of hydrogen-bond donors (Lipinski definition) is 0. The van der Waals surface area contributed by atoms with Crippen LogP contribution in [0.5, 0.6) is 0 Å². The van der Waals surface area contributed by atoms with Crippen LogP contribution in [0.4, 0.5) is 0 Å². The Morgan fingerprint density at radius 1 is 1.38 bits per heavy atom. The fraction of sp³-hybridized carbons (Fsp3) is 0.143. The van der Waals surface area contributed by atoms with E-state index in [1.165, 1.54) is 0 Å². The molecule has 1 heteroatoms.